The van der Waals surface area contributed by atoms with Crippen LogP contribution in [0.1, 0.15) is 22.8 Å². The first kappa shape index (κ1) is 20.0. The molecule has 156 valence electrons. The van der Waals surface area contributed by atoms with Gasteiger partial charge in [0.1, 0.15) is 5.65 Å². The molecule has 3 heterocycles. The van der Waals surface area contributed by atoms with Crippen molar-refractivity contribution in [3.05, 3.63) is 65.7 Å². The van der Waals surface area contributed by atoms with Gasteiger partial charge in [-0.2, -0.15) is 0 Å². The van der Waals surface area contributed by atoms with Crippen LogP contribution >= 0.6 is 0 Å². The molecule has 1 aliphatic heterocycles. The van der Waals surface area contributed by atoms with Crippen LogP contribution in [0.3, 0.4) is 0 Å². The SMILES string of the molecule is CCOC(=O)C1C(=O)/C(=C/c2c[nH]c3ncccc23)OC1=Nc1ccc(C(N)=O)cc1. The standard InChI is InChI=1S/C22H18N4O5/c1-2-30-22(29)17-18(27)16(10-13-11-25-20-15(13)4-3-9-24-20)31-21(17)26-14-7-5-12(6-8-14)19(23)28/h3-11,17H,2H2,1H3,(H2,23,28)(H,24,25)/b16-10-,26-21?. The Labute approximate surface area is 176 Å². The number of ketones is 1. The van der Waals surface area contributed by atoms with E-state index in [1.807, 2.05) is 6.07 Å². The zero-order valence-electron chi connectivity index (χ0n) is 16.5. The van der Waals surface area contributed by atoms with Crippen molar-refractivity contribution in [3.8, 4) is 0 Å². The summed E-state index contributed by atoms with van der Waals surface area (Å²) in [6.07, 6.45) is 4.88. The van der Waals surface area contributed by atoms with Crippen LogP contribution < -0.4 is 5.73 Å². The lowest BCUT2D eigenvalue weighted by atomic mass is 10.0. The molecule has 1 saturated heterocycles. The number of hydrogen-bond acceptors (Lipinski definition) is 7. The van der Waals surface area contributed by atoms with Gasteiger partial charge in [-0.15, -0.1) is 0 Å². The molecule has 0 aliphatic carbocycles. The second-order valence-corrected chi connectivity index (χ2v) is 6.66. The molecular weight excluding hydrogens is 400 g/mol. The Balaban J connectivity index is 1.72. The summed E-state index contributed by atoms with van der Waals surface area (Å²) in [6, 6.07) is 9.69. The summed E-state index contributed by atoms with van der Waals surface area (Å²) in [6.45, 7) is 1.75. The molecule has 1 fully saturated rings. The average Bonchev–Trinajstić information content (AvgIpc) is 3.30. The number of Topliss-reactive ketones (excluding diaryl/α,β-unsaturated/α-hetero) is 1. The van der Waals surface area contributed by atoms with Crippen molar-refractivity contribution in [2.24, 2.45) is 16.6 Å². The van der Waals surface area contributed by atoms with Gasteiger partial charge in [0, 0.05) is 28.9 Å². The molecule has 1 amide bonds. The molecule has 3 N–H and O–H groups in total. The number of aromatic amines is 1. The molecule has 0 saturated carbocycles. The molecule has 1 atom stereocenters. The lowest BCUT2D eigenvalue weighted by Gasteiger charge is -2.06. The number of rotatable bonds is 5. The minimum atomic E-state index is -1.31. The van der Waals surface area contributed by atoms with E-state index in [0.717, 1.165) is 5.39 Å². The molecule has 1 aliphatic rings. The van der Waals surface area contributed by atoms with Gasteiger partial charge in [0.05, 0.1) is 12.3 Å². The Kier molecular flexibility index (Phi) is 5.31. The van der Waals surface area contributed by atoms with E-state index < -0.39 is 23.6 Å². The monoisotopic (exact) mass is 418 g/mol. The number of nitrogens with one attached hydrogen (secondary N) is 1. The van der Waals surface area contributed by atoms with Crippen molar-refractivity contribution >= 4 is 46.4 Å². The Morgan fingerprint density at radius 2 is 2.06 bits per heavy atom. The number of H-pyrrole nitrogens is 1. The van der Waals surface area contributed by atoms with Crippen molar-refractivity contribution in [2.45, 2.75) is 6.92 Å². The summed E-state index contributed by atoms with van der Waals surface area (Å²) >= 11 is 0. The number of fused-ring (bicyclic) bond motifs is 1. The van der Waals surface area contributed by atoms with Crippen LogP contribution in [0.4, 0.5) is 5.69 Å². The van der Waals surface area contributed by atoms with Crippen molar-refractivity contribution in [2.75, 3.05) is 6.61 Å². The molecule has 1 unspecified atom stereocenters. The number of amides is 1. The fourth-order valence-corrected chi connectivity index (χ4v) is 3.16. The third-order valence-electron chi connectivity index (χ3n) is 4.65. The summed E-state index contributed by atoms with van der Waals surface area (Å²) in [5.41, 5.74) is 7.28. The minimum Gasteiger partial charge on any atom is -0.465 e. The van der Waals surface area contributed by atoms with E-state index >= 15 is 0 Å². The van der Waals surface area contributed by atoms with E-state index in [1.54, 1.807) is 25.4 Å². The van der Waals surface area contributed by atoms with E-state index in [4.69, 9.17) is 15.2 Å². The number of aromatic nitrogens is 2. The van der Waals surface area contributed by atoms with E-state index in [1.165, 1.54) is 30.3 Å². The maximum absolute atomic E-state index is 13.0. The van der Waals surface area contributed by atoms with Crippen molar-refractivity contribution in [1.82, 2.24) is 9.97 Å². The summed E-state index contributed by atoms with van der Waals surface area (Å²) < 4.78 is 10.7. The number of ether oxygens (including phenoxy) is 2. The molecule has 4 rings (SSSR count). The number of benzene rings is 1. The smallest absolute Gasteiger partial charge is 0.326 e. The van der Waals surface area contributed by atoms with Gasteiger partial charge in [-0.1, -0.05) is 0 Å². The number of aliphatic imine (C=N–C) groups is 1. The van der Waals surface area contributed by atoms with Gasteiger partial charge in [-0.3, -0.25) is 14.4 Å². The topological polar surface area (TPSA) is 137 Å². The summed E-state index contributed by atoms with van der Waals surface area (Å²) in [4.78, 5) is 48.2. The molecule has 1 aromatic carbocycles. The number of pyridine rings is 1. The normalized spacial score (nSPS) is 18.5. The van der Waals surface area contributed by atoms with Crippen molar-refractivity contribution in [1.29, 1.82) is 0 Å². The van der Waals surface area contributed by atoms with Gasteiger partial charge in [-0.25, -0.2) is 9.98 Å². The highest BCUT2D eigenvalue weighted by molar-refractivity contribution is 6.27. The van der Waals surface area contributed by atoms with Crippen LogP contribution in [-0.4, -0.2) is 40.1 Å². The third-order valence-corrected chi connectivity index (χ3v) is 4.65. The Morgan fingerprint density at radius 3 is 2.77 bits per heavy atom. The Hall–Kier alpha value is -4.27. The Bertz CT molecular complexity index is 1240. The van der Waals surface area contributed by atoms with E-state index in [9.17, 15) is 14.4 Å². The van der Waals surface area contributed by atoms with Gasteiger partial charge in [0.25, 0.3) is 0 Å². The van der Waals surface area contributed by atoms with E-state index in [-0.39, 0.29) is 18.3 Å². The second-order valence-electron chi connectivity index (χ2n) is 6.66. The quantitative estimate of drug-likeness (QED) is 0.371. The van der Waals surface area contributed by atoms with Crippen LogP contribution in [0.15, 0.2) is 59.5 Å². The van der Waals surface area contributed by atoms with Gasteiger partial charge >= 0.3 is 5.97 Å². The summed E-state index contributed by atoms with van der Waals surface area (Å²) in [5.74, 6) is -3.32. The highest BCUT2D eigenvalue weighted by Gasteiger charge is 2.44. The molecular formula is C22H18N4O5. The van der Waals surface area contributed by atoms with Crippen LogP contribution in [0, 0.1) is 5.92 Å². The minimum absolute atomic E-state index is 0.0321. The molecule has 3 aromatic rings. The molecule has 9 nitrogen and oxygen atoms in total. The van der Waals surface area contributed by atoms with Crippen LogP contribution in [0.2, 0.25) is 0 Å². The van der Waals surface area contributed by atoms with Crippen LogP contribution in [0.25, 0.3) is 17.1 Å². The number of nitrogens with zero attached hydrogens (tertiary/aromatic N) is 2. The zero-order valence-corrected chi connectivity index (χ0v) is 16.5. The first-order valence-corrected chi connectivity index (χ1v) is 9.49. The number of esters is 1. The van der Waals surface area contributed by atoms with Crippen LogP contribution in [-0.2, 0) is 19.1 Å². The van der Waals surface area contributed by atoms with Crippen molar-refractivity contribution < 1.29 is 23.9 Å². The van der Waals surface area contributed by atoms with E-state index in [2.05, 4.69) is 15.0 Å². The molecule has 0 spiro atoms. The first-order chi connectivity index (χ1) is 15.0. The maximum atomic E-state index is 13.0. The van der Waals surface area contributed by atoms with Gasteiger partial charge in [0.2, 0.25) is 17.6 Å². The molecule has 31 heavy (non-hydrogen) atoms. The van der Waals surface area contributed by atoms with Gasteiger partial charge in [0.15, 0.2) is 11.7 Å². The summed E-state index contributed by atoms with van der Waals surface area (Å²) in [5, 5.41) is 0.798. The highest BCUT2D eigenvalue weighted by Crippen LogP contribution is 2.29. The number of carbonyl (C=O) groups is 3. The number of primary amides is 1. The highest BCUT2D eigenvalue weighted by atomic mass is 16.5. The summed E-state index contributed by atoms with van der Waals surface area (Å²) in [7, 11) is 0. The molecule has 9 heteroatoms. The lowest BCUT2D eigenvalue weighted by Crippen LogP contribution is -2.27. The van der Waals surface area contributed by atoms with Crippen LogP contribution in [0.5, 0.6) is 0 Å². The third kappa shape index (κ3) is 3.93. The first-order valence-electron chi connectivity index (χ1n) is 9.49. The lowest BCUT2D eigenvalue weighted by molar-refractivity contribution is -0.147. The molecule has 2 aromatic heterocycles. The molecule has 0 bridgehead atoms. The second kappa shape index (κ2) is 8.23. The van der Waals surface area contributed by atoms with Crippen molar-refractivity contribution in [3.63, 3.8) is 0 Å². The number of carbonyl (C=O) groups excluding carboxylic acids is 3. The molecule has 0 radical (unpaired) electrons. The fourth-order valence-electron chi connectivity index (χ4n) is 3.16. The van der Waals surface area contributed by atoms with Gasteiger partial charge in [-0.05, 0) is 49.4 Å². The van der Waals surface area contributed by atoms with E-state index in [0.29, 0.717) is 22.5 Å². The number of allylic oxidation sites excluding steroid dienone is 1. The maximum Gasteiger partial charge on any atom is 0.326 e. The number of nitrogens with two attached hydrogens (primary N) is 1. The zero-order chi connectivity index (χ0) is 22.0. The largest absolute Gasteiger partial charge is 0.465 e. The Morgan fingerprint density at radius 1 is 1.29 bits per heavy atom. The van der Waals surface area contributed by atoms with Gasteiger partial charge < -0.3 is 20.2 Å². The predicted molar refractivity (Wildman–Crippen MR) is 112 cm³/mol. The fraction of sp³-hybridized carbons (Fsp3) is 0.136. The average molecular weight is 418 g/mol. The number of hydrogen-bond donors (Lipinski definition) is 2. The predicted octanol–water partition coefficient (Wildman–Crippen LogP) is 2.51.